The van der Waals surface area contributed by atoms with Gasteiger partial charge < -0.3 is 20.5 Å². The summed E-state index contributed by atoms with van der Waals surface area (Å²) >= 11 is 0. The molecule has 1 heterocycles. The molecule has 6 heteroatoms. The second kappa shape index (κ2) is 5.27. The molecular formula is C15H21N5O. The van der Waals surface area contributed by atoms with Crippen molar-refractivity contribution in [3.05, 3.63) is 24.0 Å². The van der Waals surface area contributed by atoms with E-state index in [9.17, 15) is 4.79 Å². The molecule has 21 heavy (non-hydrogen) atoms. The molecule has 0 spiro atoms. The van der Waals surface area contributed by atoms with Crippen LogP contribution in [0.3, 0.4) is 0 Å². The number of imidazole rings is 1. The van der Waals surface area contributed by atoms with Gasteiger partial charge in [0.2, 0.25) is 0 Å². The van der Waals surface area contributed by atoms with Crippen LogP contribution in [-0.4, -0.2) is 41.1 Å². The summed E-state index contributed by atoms with van der Waals surface area (Å²) in [5, 5.41) is 2.90. The Hall–Kier alpha value is -2.24. The van der Waals surface area contributed by atoms with Gasteiger partial charge in [-0.15, -0.1) is 0 Å². The number of urea groups is 1. The number of hydrogen-bond acceptors (Lipinski definition) is 3. The second-order valence-electron chi connectivity index (χ2n) is 5.77. The highest BCUT2D eigenvalue weighted by Crippen LogP contribution is 2.40. The van der Waals surface area contributed by atoms with Crippen molar-refractivity contribution in [3.63, 3.8) is 0 Å². The summed E-state index contributed by atoms with van der Waals surface area (Å²) in [6, 6.07) is 5.75. The van der Waals surface area contributed by atoms with Crippen molar-refractivity contribution < 1.29 is 4.79 Å². The summed E-state index contributed by atoms with van der Waals surface area (Å²) < 4.78 is 2.21. The van der Waals surface area contributed by atoms with E-state index in [1.54, 1.807) is 14.1 Å². The zero-order valence-corrected chi connectivity index (χ0v) is 12.5. The van der Waals surface area contributed by atoms with Crippen molar-refractivity contribution in [1.29, 1.82) is 0 Å². The first-order valence-corrected chi connectivity index (χ1v) is 7.27. The fraction of sp³-hybridized carbons (Fsp3) is 0.467. The van der Waals surface area contributed by atoms with Gasteiger partial charge in [0.25, 0.3) is 0 Å². The first kappa shape index (κ1) is 13.7. The number of hydrogen-bond donors (Lipinski definition) is 2. The quantitative estimate of drug-likeness (QED) is 0.841. The second-order valence-corrected chi connectivity index (χ2v) is 5.77. The van der Waals surface area contributed by atoms with Crippen molar-refractivity contribution in [2.45, 2.75) is 25.3 Å². The van der Waals surface area contributed by atoms with Crippen LogP contribution in [-0.2, 0) is 6.54 Å². The van der Waals surface area contributed by atoms with E-state index in [-0.39, 0.29) is 6.03 Å². The zero-order chi connectivity index (χ0) is 15.0. The Bertz CT molecular complexity index is 672. The fourth-order valence-corrected chi connectivity index (χ4v) is 2.49. The number of nitrogen functional groups attached to an aromatic ring is 1. The highest BCUT2D eigenvalue weighted by atomic mass is 16.2. The normalized spacial score (nSPS) is 14.4. The van der Waals surface area contributed by atoms with Gasteiger partial charge in [-0.25, -0.2) is 9.78 Å². The first-order chi connectivity index (χ1) is 10.1. The minimum Gasteiger partial charge on any atom is -0.399 e. The van der Waals surface area contributed by atoms with Crippen molar-refractivity contribution in [1.82, 2.24) is 19.8 Å². The summed E-state index contributed by atoms with van der Waals surface area (Å²) in [7, 11) is 3.47. The molecule has 3 N–H and O–H groups in total. The monoisotopic (exact) mass is 287 g/mol. The predicted octanol–water partition coefficient (Wildman–Crippen LogP) is 1.77. The van der Waals surface area contributed by atoms with E-state index in [0.29, 0.717) is 12.5 Å². The minimum absolute atomic E-state index is 0.0726. The van der Waals surface area contributed by atoms with E-state index >= 15 is 0 Å². The number of benzene rings is 1. The first-order valence-electron chi connectivity index (χ1n) is 7.27. The van der Waals surface area contributed by atoms with E-state index in [2.05, 4.69) is 9.88 Å². The Morgan fingerprint density at radius 3 is 2.90 bits per heavy atom. The van der Waals surface area contributed by atoms with E-state index in [1.807, 2.05) is 18.2 Å². The molecule has 112 valence electrons. The fourth-order valence-electron chi connectivity index (χ4n) is 2.49. The topological polar surface area (TPSA) is 76.2 Å². The Balaban J connectivity index is 1.82. The van der Waals surface area contributed by atoms with Crippen LogP contribution in [0.15, 0.2) is 18.2 Å². The molecule has 0 unspecified atom stereocenters. The lowest BCUT2D eigenvalue weighted by molar-refractivity contribution is 0.217. The molecule has 0 atom stereocenters. The van der Waals surface area contributed by atoms with Crippen molar-refractivity contribution in [2.75, 3.05) is 26.4 Å². The number of anilines is 1. The molecule has 1 aromatic carbocycles. The van der Waals surface area contributed by atoms with Gasteiger partial charge in [-0.05, 0) is 31.0 Å². The summed E-state index contributed by atoms with van der Waals surface area (Å²) in [4.78, 5) is 17.8. The number of nitrogens with two attached hydrogens (primary N) is 1. The van der Waals surface area contributed by atoms with E-state index < -0.39 is 0 Å². The zero-order valence-electron chi connectivity index (χ0n) is 12.5. The average Bonchev–Trinajstić information content (AvgIpc) is 3.22. The van der Waals surface area contributed by atoms with Crippen LogP contribution in [0.1, 0.15) is 24.6 Å². The van der Waals surface area contributed by atoms with Crippen LogP contribution in [0.2, 0.25) is 0 Å². The SMILES string of the molecule is CN(C)C(=O)NCCn1c(C2CC2)nc2cc(N)ccc21. The molecule has 1 fully saturated rings. The minimum atomic E-state index is -0.0726. The predicted molar refractivity (Wildman–Crippen MR) is 83.2 cm³/mol. The number of amides is 2. The summed E-state index contributed by atoms with van der Waals surface area (Å²) in [5.41, 5.74) is 8.60. The van der Waals surface area contributed by atoms with Gasteiger partial charge in [-0.2, -0.15) is 0 Å². The number of nitrogens with one attached hydrogen (secondary N) is 1. The lowest BCUT2D eigenvalue weighted by Gasteiger charge is -2.13. The summed E-state index contributed by atoms with van der Waals surface area (Å²) in [5.74, 6) is 1.68. The largest absolute Gasteiger partial charge is 0.399 e. The molecule has 1 aliphatic rings. The standard InChI is InChI=1S/C15H21N5O/c1-19(2)15(21)17-7-8-20-13-6-5-11(16)9-12(13)18-14(20)10-3-4-10/h5-6,9-10H,3-4,7-8,16H2,1-2H3,(H,17,21). The third-order valence-corrected chi connectivity index (χ3v) is 3.76. The Morgan fingerprint density at radius 1 is 1.48 bits per heavy atom. The van der Waals surface area contributed by atoms with E-state index in [4.69, 9.17) is 10.7 Å². The van der Waals surface area contributed by atoms with Crippen LogP contribution in [0.25, 0.3) is 11.0 Å². The van der Waals surface area contributed by atoms with Crippen LogP contribution >= 0.6 is 0 Å². The maximum atomic E-state index is 11.6. The van der Waals surface area contributed by atoms with Gasteiger partial charge >= 0.3 is 6.03 Å². The molecule has 3 rings (SSSR count). The lowest BCUT2D eigenvalue weighted by Crippen LogP contribution is -2.36. The molecule has 6 nitrogen and oxygen atoms in total. The molecule has 1 saturated carbocycles. The van der Waals surface area contributed by atoms with Gasteiger partial charge in [0, 0.05) is 38.8 Å². The maximum Gasteiger partial charge on any atom is 0.316 e. The van der Waals surface area contributed by atoms with Crippen molar-refractivity contribution in [3.8, 4) is 0 Å². The van der Waals surface area contributed by atoms with Gasteiger partial charge in [0.05, 0.1) is 11.0 Å². The number of fused-ring (bicyclic) bond motifs is 1. The number of rotatable bonds is 4. The number of nitrogens with zero attached hydrogens (tertiary/aromatic N) is 3. The Kier molecular flexibility index (Phi) is 3.45. The van der Waals surface area contributed by atoms with Gasteiger partial charge in [0.15, 0.2) is 0 Å². The third-order valence-electron chi connectivity index (χ3n) is 3.76. The highest BCUT2D eigenvalue weighted by Gasteiger charge is 2.29. The van der Waals surface area contributed by atoms with Gasteiger partial charge in [-0.3, -0.25) is 0 Å². The number of carbonyl (C=O) groups is 1. The molecular weight excluding hydrogens is 266 g/mol. The van der Waals surface area contributed by atoms with Crippen LogP contribution in [0.4, 0.5) is 10.5 Å². The summed E-state index contributed by atoms with van der Waals surface area (Å²) in [6.07, 6.45) is 2.39. The maximum absolute atomic E-state index is 11.6. The molecule has 0 saturated heterocycles. The lowest BCUT2D eigenvalue weighted by atomic mass is 10.3. The van der Waals surface area contributed by atoms with Gasteiger partial charge in [-0.1, -0.05) is 0 Å². The Morgan fingerprint density at radius 2 is 2.24 bits per heavy atom. The van der Waals surface area contributed by atoms with E-state index in [0.717, 1.165) is 29.1 Å². The highest BCUT2D eigenvalue weighted by molar-refractivity contribution is 5.80. The van der Waals surface area contributed by atoms with Crippen molar-refractivity contribution in [2.24, 2.45) is 0 Å². The number of aromatic nitrogens is 2. The van der Waals surface area contributed by atoms with Crippen LogP contribution in [0, 0.1) is 0 Å². The Labute approximate surface area is 123 Å². The molecule has 2 amide bonds. The molecule has 0 aliphatic heterocycles. The number of carbonyl (C=O) groups excluding carboxylic acids is 1. The molecule has 1 aliphatic carbocycles. The van der Waals surface area contributed by atoms with E-state index in [1.165, 1.54) is 17.7 Å². The smallest absolute Gasteiger partial charge is 0.316 e. The molecule has 0 radical (unpaired) electrons. The average molecular weight is 287 g/mol. The van der Waals surface area contributed by atoms with Crippen LogP contribution in [0.5, 0.6) is 0 Å². The van der Waals surface area contributed by atoms with Crippen molar-refractivity contribution >= 4 is 22.8 Å². The molecule has 0 bridgehead atoms. The molecule has 2 aromatic rings. The van der Waals surface area contributed by atoms with Gasteiger partial charge in [0.1, 0.15) is 5.82 Å². The third kappa shape index (κ3) is 2.79. The summed E-state index contributed by atoms with van der Waals surface area (Å²) in [6.45, 7) is 1.32. The van der Waals surface area contributed by atoms with Crippen LogP contribution < -0.4 is 11.1 Å². The molecule has 1 aromatic heterocycles.